The third-order valence-corrected chi connectivity index (χ3v) is 9.60. The molecule has 0 bridgehead atoms. The van der Waals surface area contributed by atoms with Gasteiger partial charge in [0.2, 0.25) is 17.5 Å². The van der Waals surface area contributed by atoms with E-state index >= 15 is 0 Å². The van der Waals surface area contributed by atoms with Gasteiger partial charge in [0, 0.05) is 17.7 Å². The zero-order chi connectivity index (χ0) is 40.0. The lowest BCUT2D eigenvalue weighted by Crippen LogP contribution is -2.64. The third kappa shape index (κ3) is 7.77. The van der Waals surface area contributed by atoms with Gasteiger partial charge >= 0.3 is 0 Å². The molecular weight excluding hydrogens is 744 g/mol. The summed E-state index contributed by atoms with van der Waals surface area (Å²) in [6.07, 6.45) is -25.4. The molecule has 4 heterocycles. The van der Waals surface area contributed by atoms with E-state index in [-0.39, 0.29) is 28.4 Å². The molecule has 0 amide bonds. The molecular formula is C34H42O21. The second-order valence-corrected chi connectivity index (χ2v) is 13.3. The lowest BCUT2D eigenvalue weighted by molar-refractivity contribution is -0.359. The van der Waals surface area contributed by atoms with Crippen molar-refractivity contribution in [3.05, 3.63) is 40.6 Å². The number of aliphatic hydroxyl groups is 9. The van der Waals surface area contributed by atoms with Crippen LogP contribution in [0.15, 0.2) is 39.5 Å². The second-order valence-electron chi connectivity index (χ2n) is 13.3. The van der Waals surface area contributed by atoms with Crippen LogP contribution in [0.2, 0.25) is 0 Å². The molecule has 3 aliphatic heterocycles. The van der Waals surface area contributed by atoms with Crippen LogP contribution in [0.3, 0.4) is 0 Å². The van der Waals surface area contributed by atoms with Crippen molar-refractivity contribution in [3.8, 4) is 40.1 Å². The van der Waals surface area contributed by atoms with E-state index in [0.717, 1.165) is 12.1 Å². The Kier molecular flexibility index (Phi) is 12.1. The summed E-state index contributed by atoms with van der Waals surface area (Å²) < 4.78 is 44.7. The highest BCUT2D eigenvalue weighted by atomic mass is 16.8. The molecule has 6 rings (SSSR count). The van der Waals surface area contributed by atoms with Gasteiger partial charge in [-0.1, -0.05) is 0 Å². The van der Waals surface area contributed by atoms with Gasteiger partial charge in [0.05, 0.1) is 26.4 Å². The summed E-state index contributed by atoms with van der Waals surface area (Å²) in [6.45, 7) is -0.0427. The lowest BCUT2D eigenvalue weighted by atomic mass is 9.97. The van der Waals surface area contributed by atoms with Crippen LogP contribution in [-0.4, -0.2) is 174 Å². The number of benzene rings is 2. The van der Waals surface area contributed by atoms with Gasteiger partial charge in [-0.3, -0.25) is 4.79 Å². The summed E-state index contributed by atoms with van der Waals surface area (Å²) in [6, 6.07) is 5.71. The van der Waals surface area contributed by atoms with Crippen LogP contribution in [0.1, 0.15) is 6.92 Å². The van der Waals surface area contributed by atoms with E-state index in [1.807, 2.05) is 0 Å². The van der Waals surface area contributed by atoms with E-state index in [4.69, 9.17) is 37.6 Å². The minimum absolute atomic E-state index is 0.0482. The van der Waals surface area contributed by atoms with Crippen LogP contribution in [0.25, 0.3) is 22.3 Å². The molecule has 304 valence electrons. The van der Waals surface area contributed by atoms with E-state index in [0.29, 0.717) is 0 Å². The first kappa shape index (κ1) is 40.7. The zero-order valence-corrected chi connectivity index (χ0v) is 29.0. The Morgan fingerprint density at radius 2 is 1.35 bits per heavy atom. The summed E-state index contributed by atoms with van der Waals surface area (Å²) in [5.74, 6) is -2.50. The average Bonchev–Trinajstić information content (AvgIpc) is 3.15. The van der Waals surface area contributed by atoms with E-state index < -0.39 is 133 Å². The molecule has 3 aromatic rings. The Balaban J connectivity index is 1.20. The maximum atomic E-state index is 13.8. The van der Waals surface area contributed by atoms with Crippen molar-refractivity contribution in [1.82, 2.24) is 0 Å². The minimum atomic E-state index is -2.02. The number of phenols is 3. The fourth-order valence-electron chi connectivity index (χ4n) is 6.51. The molecule has 1 aromatic heterocycles. The van der Waals surface area contributed by atoms with Crippen molar-refractivity contribution in [2.24, 2.45) is 0 Å². The molecule has 0 saturated carbocycles. The number of aliphatic hydroxyl groups excluding tert-OH is 9. The Morgan fingerprint density at radius 3 is 2.02 bits per heavy atom. The number of phenolic OH excluding ortho intramolecular Hbond substituents is 3. The molecule has 55 heavy (non-hydrogen) atoms. The molecule has 2 aromatic carbocycles. The molecule has 21 heteroatoms. The van der Waals surface area contributed by atoms with E-state index in [9.17, 15) is 66.1 Å². The van der Waals surface area contributed by atoms with Crippen molar-refractivity contribution >= 4 is 11.0 Å². The maximum absolute atomic E-state index is 13.8. The fraction of sp³-hybridized carbons (Fsp3) is 0.559. The van der Waals surface area contributed by atoms with E-state index in [2.05, 4.69) is 0 Å². The summed E-state index contributed by atoms with van der Waals surface area (Å²) >= 11 is 0. The summed E-state index contributed by atoms with van der Waals surface area (Å²) in [5.41, 5.74) is -1.23. The first-order chi connectivity index (χ1) is 26.1. The van der Waals surface area contributed by atoms with Gasteiger partial charge in [-0.25, -0.2) is 0 Å². The standard InChI is InChI=1S/C34H42O21/c1-10-29(54-33-26(45)23(42)20(39)17(8-35)52-33)25(44)28(47)32(50-10)49-9-18-21(40)24(43)27(46)34(53-18)55-31-22(41)19-14(38)6-12(36)7-16(19)51-30(31)11-3-4-13(37)15(5-11)48-2/h3-7,10,17-18,20-21,23-29,32-40,42-47H,8-9H2,1-2H3. The number of aromatic hydroxyl groups is 3. The number of methoxy groups -OCH3 is 1. The van der Waals surface area contributed by atoms with E-state index in [1.54, 1.807) is 0 Å². The summed E-state index contributed by atoms with van der Waals surface area (Å²) in [4.78, 5) is 13.8. The highest BCUT2D eigenvalue weighted by Gasteiger charge is 2.51. The van der Waals surface area contributed by atoms with Crippen LogP contribution in [0.4, 0.5) is 0 Å². The number of hydrogen-bond acceptors (Lipinski definition) is 21. The molecule has 0 aliphatic carbocycles. The zero-order valence-electron chi connectivity index (χ0n) is 29.0. The van der Waals surface area contributed by atoms with Crippen molar-refractivity contribution in [3.63, 3.8) is 0 Å². The number of fused-ring (bicyclic) bond motifs is 1. The average molecular weight is 787 g/mol. The first-order valence-electron chi connectivity index (χ1n) is 16.9. The van der Waals surface area contributed by atoms with Gasteiger partial charge in [0.25, 0.3) is 0 Å². The summed E-state index contributed by atoms with van der Waals surface area (Å²) in [7, 11) is 1.26. The molecule has 3 aliphatic rings. The smallest absolute Gasteiger partial charge is 0.239 e. The normalized spacial score (nSPS) is 36.8. The van der Waals surface area contributed by atoms with Crippen LogP contribution < -0.4 is 14.9 Å². The van der Waals surface area contributed by atoms with Crippen LogP contribution in [0.5, 0.6) is 28.7 Å². The van der Waals surface area contributed by atoms with Crippen molar-refractivity contribution < 1.29 is 98.9 Å². The highest BCUT2D eigenvalue weighted by Crippen LogP contribution is 2.40. The van der Waals surface area contributed by atoms with E-state index in [1.165, 1.54) is 32.2 Å². The van der Waals surface area contributed by atoms with Crippen molar-refractivity contribution in [2.75, 3.05) is 20.3 Å². The quantitative estimate of drug-likeness (QED) is 0.0946. The molecule has 15 atom stereocenters. The third-order valence-electron chi connectivity index (χ3n) is 9.60. The molecule has 3 fully saturated rings. The van der Waals surface area contributed by atoms with Crippen LogP contribution in [0, 0.1) is 0 Å². The molecule has 21 nitrogen and oxygen atoms in total. The SMILES string of the molecule is COc1cc(-c2oc3cc(O)cc(O)c3c(=O)c2OC2OC(COC3OC(C)C(OC4OC(CO)C(O)C(O)C4O)C(O)C3O)C(O)C(O)C2O)ccc1O. The Labute approximate surface area is 309 Å². The minimum Gasteiger partial charge on any atom is -0.508 e. The van der Waals surface area contributed by atoms with Gasteiger partial charge in [-0.2, -0.15) is 0 Å². The molecule has 12 N–H and O–H groups in total. The molecule has 3 saturated heterocycles. The Morgan fingerprint density at radius 1 is 0.709 bits per heavy atom. The summed E-state index contributed by atoms with van der Waals surface area (Å²) in [5, 5.41) is 124. The molecule has 0 radical (unpaired) electrons. The van der Waals surface area contributed by atoms with Crippen molar-refractivity contribution in [2.45, 2.75) is 99.0 Å². The topological polar surface area (TPSA) is 338 Å². The first-order valence-corrected chi connectivity index (χ1v) is 16.9. The van der Waals surface area contributed by atoms with Crippen molar-refractivity contribution in [1.29, 1.82) is 0 Å². The molecule has 15 unspecified atom stereocenters. The van der Waals surface area contributed by atoms with Gasteiger partial charge < -0.3 is 98.9 Å². The van der Waals surface area contributed by atoms with Gasteiger partial charge in [-0.05, 0) is 25.1 Å². The largest absolute Gasteiger partial charge is 0.508 e. The highest BCUT2D eigenvalue weighted by molar-refractivity contribution is 5.88. The number of ether oxygens (including phenoxy) is 7. The Hall–Kier alpha value is -3.91. The predicted molar refractivity (Wildman–Crippen MR) is 178 cm³/mol. The Bertz CT molecular complexity index is 1870. The number of rotatable bonds is 10. The lowest BCUT2D eigenvalue weighted by Gasteiger charge is -2.46. The number of hydrogen-bond donors (Lipinski definition) is 12. The second kappa shape index (κ2) is 16.3. The van der Waals surface area contributed by atoms with Gasteiger partial charge in [0.1, 0.15) is 89.6 Å². The fourth-order valence-corrected chi connectivity index (χ4v) is 6.51. The monoisotopic (exact) mass is 786 g/mol. The maximum Gasteiger partial charge on any atom is 0.239 e. The predicted octanol–water partition coefficient (Wildman–Crippen LogP) is -3.56. The molecule has 0 spiro atoms. The van der Waals surface area contributed by atoms with Gasteiger partial charge in [0.15, 0.2) is 29.8 Å². The van der Waals surface area contributed by atoms with Gasteiger partial charge in [-0.15, -0.1) is 0 Å². The van der Waals surface area contributed by atoms with Crippen LogP contribution in [-0.2, 0) is 23.7 Å². The van der Waals surface area contributed by atoms with Crippen LogP contribution >= 0.6 is 0 Å².